The summed E-state index contributed by atoms with van der Waals surface area (Å²) in [6, 6.07) is 6.48. The SMILES string of the molecule is COc1cc(NC(=O)c2c(F)cc(Br)cc2F)ccc1Cl. The molecule has 0 aliphatic carbocycles. The van der Waals surface area contributed by atoms with Crippen LogP contribution in [-0.2, 0) is 0 Å². The van der Waals surface area contributed by atoms with Gasteiger partial charge in [-0.15, -0.1) is 0 Å². The van der Waals surface area contributed by atoms with E-state index in [2.05, 4.69) is 21.2 Å². The van der Waals surface area contributed by atoms with Crippen LogP contribution in [0.3, 0.4) is 0 Å². The van der Waals surface area contributed by atoms with Gasteiger partial charge >= 0.3 is 0 Å². The summed E-state index contributed by atoms with van der Waals surface area (Å²) in [6.45, 7) is 0. The molecule has 2 aromatic carbocycles. The summed E-state index contributed by atoms with van der Waals surface area (Å²) in [5, 5.41) is 2.75. The molecule has 3 nitrogen and oxygen atoms in total. The van der Waals surface area contributed by atoms with Gasteiger partial charge in [-0.1, -0.05) is 27.5 Å². The van der Waals surface area contributed by atoms with Gasteiger partial charge in [0.1, 0.15) is 22.9 Å². The molecule has 0 aliphatic heterocycles. The minimum atomic E-state index is -0.958. The van der Waals surface area contributed by atoms with Crippen molar-refractivity contribution in [2.75, 3.05) is 12.4 Å². The Labute approximate surface area is 133 Å². The number of hydrogen-bond acceptors (Lipinski definition) is 2. The zero-order valence-electron chi connectivity index (χ0n) is 10.7. The summed E-state index contributed by atoms with van der Waals surface area (Å²) in [5.41, 5.74) is -0.352. The summed E-state index contributed by atoms with van der Waals surface area (Å²) in [6.07, 6.45) is 0. The molecule has 0 aliphatic rings. The van der Waals surface area contributed by atoms with Crippen molar-refractivity contribution in [1.29, 1.82) is 0 Å². The van der Waals surface area contributed by atoms with Crippen molar-refractivity contribution < 1.29 is 18.3 Å². The predicted molar refractivity (Wildman–Crippen MR) is 80.0 cm³/mol. The molecule has 0 fully saturated rings. The molecule has 0 radical (unpaired) electrons. The van der Waals surface area contributed by atoms with Crippen LogP contribution in [0, 0.1) is 11.6 Å². The summed E-state index contributed by atoms with van der Waals surface area (Å²) in [7, 11) is 1.42. The number of anilines is 1. The molecule has 0 atom stereocenters. The first-order valence-electron chi connectivity index (χ1n) is 5.72. The Balaban J connectivity index is 2.30. The fraction of sp³-hybridized carbons (Fsp3) is 0.0714. The van der Waals surface area contributed by atoms with Gasteiger partial charge in [0.2, 0.25) is 0 Å². The molecule has 1 amide bonds. The first-order chi connectivity index (χ1) is 9.92. The molecule has 21 heavy (non-hydrogen) atoms. The Morgan fingerprint density at radius 2 is 1.86 bits per heavy atom. The maximum absolute atomic E-state index is 13.7. The molecule has 0 aromatic heterocycles. The van der Waals surface area contributed by atoms with Crippen LogP contribution in [-0.4, -0.2) is 13.0 Å². The Hall–Kier alpha value is -1.66. The van der Waals surface area contributed by atoms with Gasteiger partial charge in [-0.25, -0.2) is 8.78 Å². The Morgan fingerprint density at radius 3 is 2.43 bits per heavy atom. The van der Waals surface area contributed by atoms with Crippen molar-refractivity contribution in [1.82, 2.24) is 0 Å². The predicted octanol–water partition coefficient (Wildman–Crippen LogP) is 4.64. The van der Waals surface area contributed by atoms with Gasteiger partial charge in [0.25, 0.3) is 5.91 Å². The van der Waals surface area contributed by atoms with Crippen LogP contribution >= 0.6 is 27.5 Å². The van der Waals surface area contributed by atoms with Crippen molar-refractivity contribution in [3.8, 4) is 5.75 Å². The van der Waals surface area contributed by atoms with Crippen molar-refractivity contribution in [3.05, 3.63) is 57.0 Å². The molecule has 0 spiro atoms. The largest absolute Gasteiger partial charge is 0.495 e. The van der Waals surface area contributed by atoms with Crippen LogP contribution in [0.25, 0.3) is 0 Å². The molecular weight excluding hydrogens is 368 g/mol. The second-order valence-corrected chi connectivity index (χ2v) is 5.37. The van der Waals surface area contributed by atoms with Crippen molar-refractivity contribution in [2.24, 2.45) is 0 Å². The average Bonchev–Trinajstić information content (AvgIpc) is 2.39. The van der Waals surface area contributed by atoms with E-state index in [9.17, 15) is 13.6 Å². The smallest absolute Gasteiger partial charge is 0.261 e. The molecule has 0 unspecified atom stereocenters. The lowest BCUT2D eigenvalue weighted by Crippen LogP contribution is -2.16. The average molecular weight is 377 g/mol. The highest BCUT2D eigenvalue weighted by Gasteiger charge is 2.18. The zero-order chi connectivity index (χ0) is 15.6. The van der Waals surface area contributed by atoms with Crippen LogP contribution < -0.4 is 10.1 Å². The van der Waals surface area contributed by atoms with Crippen LogP contribution in [0.1, 0.15) is 10.4 Å². The standard InChI is InChI=1S/C14H9BrClF2NO2/c1-21-12-6-8(2-3-9(12)16)19-14(20)13-10(17)4-7(15)5-11(13)18/h2-6H,1H3,(H,19,20). The minimum absolute atomic E-state index is 0.210. The second kappa shape index (κ2) is 6.41. The molecule has 0 heterocycles. The lowest BCUT2D eigenvalue weighted by molar-refractivity contribution is 0.101. The maximum Gasteiger partial charge on any atom is 0.261 e. The number of methoxy groups -OCH3 is 1. The topological polar surface area (TPSA) is 38.3 Å². The van der Waals surface area contributed by atoms with Gasteiger partial charge in [-0.2, -0.15) is 0 Å². The molecule has 0 saturated carbocycles. The van der Waals surface area contributed by atoms with Crippen LogP contribution in [0.15, 0.2) is 34.8 Å². The lowest BCUT2D eigenvalue weighted by atomic mass is 10.1. The van der Waals surface area contributed by atoms with Gasteiger partial charge in [0, 0.05) is 16.2 Å². The number of benzene rings is 2. The van der Waals surface area contributed by atoms with Gasteiger partial charge in [0.15, 0.2) is 0 Å². The normalized spacial score (nSPS) is 10.3. The Morgan fingerprint density at radius 1 is 1.24 bits per heavy atom. The molecule has 2 rings (SSSR count). The van der Waals surface area contributed by atoms with Crippen LogP contribution in [0.5, 0.6) is 5.75 Å². The van der Waals surface area contributed by atoms with Crippen LogP contribution in [0.2, 0.25) is 5.02 Å². The highest BCUT2D eigenvalue weighted by Crippen LogP contribution is 2.28. The van der Waals surface area contributed by atoms with Crippen molar-refractivity contribution >= 4 is 39.1 Å². The first-order valence-corrected chi connectivity index (χ1v) is 6.89. The number of carbonyl (C=O) groups excluding carboxylic acids is 1. The maximum atomic E-state index is 13.7. The van der Waals surface area contributed by atoms with Gasteiger partial charge in [-0.3, -0.25) is 4.79 Å². The molecule has 0 bridgehead atoms. The van der Waals surface area contributed by atoms with Crippen molar-refractivity contribution in [3.63, 3.8) is 0 Å². The number of nitrogens with one attached hydrogen (secondary N) is 1. The third-order valence-corrected chi connectivity index (χ3v) is 3.41. The number of halogens is 4. The zero-order valence-corrected chi connectivity index (χ0v) is 13.1. The molecular formula is C14H9BrClF2NO2. The van der Waals surface area contributed by atoms with Crippen molar-refractivity contribution in [2.45, 2.75) is 0 Å². The van der Waals surface area contributed by atoms with Gasteiger partial charge < -0.3 is 10.1 Å². The van der Waals surface area contributed by atoms with E-state index in [0.29, 0.717) is 16.5 Å². The van der Waals surface area contributed by atoms with E-state index in [1.165, 1.54) is 25.3 Å². The highest BCUT2D eigenvalue weighted by atomic mass is 79.9. The molecule has 110 valence electrons. The molecule has 7 heteroatoms. The monoisotopic (exact) mass is 375 g/mol. The summed E-state index contributed by atoms with van der Waals surface area (Å²) in [4.78, 5) is 12.0. The fourth-order valence-electron chi connectivity index (χ4n) is 1.69. The number of carbonyl (C=O) groups is 1. The Bertz CT molecular complexity index is 686. The van der Waals surface area contributed by atoms with E-state index in [1.54, 1.807) is 0 Å². The van der Waals surface area contributed by atoms with E-state index in [1.807, 2.05) is 0 Å². The molecule has 1 N–H and O–H groups in total. The third kappa shape index (κ3) is 3.51. The van der Waals surface area contributed by atoms with Crippen LogP contribution in [0.4, 0.5) is 14.5 Å². The minimum Gasteiger partial charge on any atom is -0.495 e. The lowest BCUT2D eigenvalue weighted by Gasteiger charge is -2.09. The number of ether oxygens (including phenoxy) is 1. The fourth-order valence-corrected chi connectivity index (χ4v) is 2.29. The van der Waals surface area contributed by atoms with Gasteiger partial charge in [0.05, 0.1) is 12.1 Å². The number of amides is 1. The first kappa shape index (κ1) is 15.7. The van der Waals surface area contributed by atoms with E-state index in [-0.39, 0.29) is 4.47 Å². The quantitative estimate of drug-likeness (QED) is 0.847. The number of hydrogen-bond donors (Lipinski definition) is 1. The second-order valence-electron chi connectivity index (χ2n) is 4.05. The van der Waals surface area contributed by atoms with E-state index in [0.717, 1.165) is 12.1 Å². The number of rotatable bonds is 3. The Kier molecular flexibility index (Phi) is 4.80. The van der Waals surface area contributed by atoms with E-state index >= 15 is 0 Å². The molecule has 2 aromatic rings. The van der Waals surface area contributed by atoms with E-state index in [4.69, 9.17) is 16.3 Å². The summed E-state index contributed by atoms with van der Waals surface area (Å²) in [5.74, 6) is -2.48. The van der Waals surface area contributed by atoms with Gasteiger partial charge in [-0.05, 0) is 24.3 Å². The summed E-state index contributed by atoms with van der Waals surface area (Å²) >= 11 is 8.80. The highest BCUT2D eigenvalue weighted by molar-refractivity contribution is 9.10. The van der Waals surface area contributed by atoms with E-state index < -0.39 is 23.1 Å². The summed E-state index contributed by atoms with van der Waals surface area (Å²) < 4.78 is 32.6. The third-order valence-electron chi connectivity index (χ3n) is 2.64. The molecule has 0 saturated heterocycles.